The lowest BCUT2D eigenvalue weighted by Crippen LogP contribution is -1.93. The van der Waals surface area contributed by atoms with Gasteiger partial charge < -0.3 is 5.11 Å². The number of aliphatic hydroxyl groups is 1. The molecule has 0 saturated carbocycles. The Kier molecular flexibility index (Phi) is 1.52. The Morgan fingerprint density at radius 2 is 2.25 bits per heavy atom. The zero-order valence-corrected chi connectivity index (χ0v) is 6.32. The highest BCUT2D eigenvalue weighted by Gasteiger charge is 2.14. The van der Waals surface area contributed by atoms with Crippen LogP contribution in [0.2, 0.25) is 0 Å². The summed E-state index contributed by atoms with van der Waals surface area (Å²) in [5, 5.41) is 8.81. The summed E-state index contributed by atoms with van der Waals surface area (Å²) in [4.78, 5) is 14.6. The van der Waals surface area contributed by atoms with E-state index in [-0.39, 0.29) is 12.5 Å². The number of amides is 1. The van der Waals surface area contributed by atoms with Crippen LogP contribution in [0.1, 0.15) is 21.5 Å². The normalized spacial score (nSPS) is 13.6. The first kappa shape index (κ1) is 7.18. The van der Waals surface area contributed by atoms with Crippen molar-refractivity contribution in [2.75, 3.05) is 0 Å². The van der Waals surface area contributed by atoms with Crippen LogP contribution in [0.15, 0.2) is 23.2 Å². The predicted octanol–water partition coefficient (Wildman–Crippen LogP) is 0.752. The third kappa shape index (κ3) is 0.950. The van der Waals surface area contributed by atoms with Gasteiger partial charge >= 0.3 is 0 Å². The van der Waals surface area contributed by atoms with Crippen molar-refractivity contribution in [2.24, 2.45) is 4.99 Å². The zero-order chi connectivity index (χ0) is 8.55. The maximum Gasteiger partial charge on any atom is 0.277 e. The molecule has 0 radical (unpaired) electrons. The van der Waals surface area contributed by atoms with Gasteiger partial charge in [-0.15, -0.1) is 0 Å². The van der Waals surface area contributed by atoms with Crippen LogP contribution >= 0.6 is 0 Å². The molecule has 1 aliphatic heterocycles. The summed E-state index contributed by atoms with van der Waals surface area (Å²) in [5.41, 5.74) is 2.22. The van der Waals surface area contributed by atoms with Crippen molar-refractivity contribution >= 4 is 12.1 Å². The molecule has 0 unspecified atom stereocenters. The molecule has 0 saturated heterocycles. The summed E-state index contributed by atoms with van der Waals surface area (Å²) in [6, 6.07) is 5.19. The average molecular weight is 161 g/mol. The van der Waals surface area contributed by atoms with Gasteiger partial charge in [0.25, 0.3) is 5.91 Å². The van der Waals surface area contributed by atoms with Crippen molar-refractivity contribution in [1.82, 2.24) is 0 Å². The molecule has 1 aromatic rings. The van der Waals surface area contributed by atoms with Crippen molar-refractivity contribution in [3.63, 3.8) is 0 Å². The Bertz CT molecular complexity index is 369. The Hall–Kier alpha value is -1.48. The number of benzene rings is 1. The van der Waals surface area contributed by atoms with E-state index in [4.69, 9.17) is 5.11 Å². The summed E-state index contributed by atoms with van der Waals surface area (Å²) in [5.74, 6) is -0.200. The van der Waals surface area contributed by atoms with Crippen LogP contribution in [0, 0.1) is 0 Å². The summed E-state index contributed by atoms with van der Waals surface area (Å²) in [6.07, 6.45) is 1.52. The molecule has 2 rings (SSSR count). The van der Waals surface area contributed by atoms with Gasteiger partial charge in [-0.25, -0.2) is 4.99 Å². The predicted molar refractivity (Wildman–Crippen MR) is 44.3 cm³/mol. The van der Waals surface area contributed by atoms with Crippen LogP contribution in [-0.4, -0.2) is 17.2 Å². The van der Waals surface area contributed by atoms with E-state index >= 15 is 0 Å². The minimum Gasteiger partial charge on any atom is -0.392 e. The van der Waals surface area contributed by atoms with Crippen molar-refractivity contribution in [3.05, 3.63) is 34.9 Å². The average Bonchev–Trinajstić information content (AvgIpc) is 2.47. The molecule has 60 valence electrons. The molecule has 0 aliphatic carbocycles. The SMILES string of the molecule is O=C1N=Cc2cc(CO)ccc21. The quantitative estimate of drug-likeness (QED) is 0.660. The monoisotopic (exact) mass is 161 g/mol. The molecule has 1 aliphatic rings. The number of aliphatic hydroxyl groups excluding tert-OH is 1. The molecule has 3 heteroatoms. The standard InChI is InChI=1S/C9H7NO2/c11-5-6-1-2-8-7(3-6)4-10-9(8)12/h1-4,11H,5H2. The summed E-state index contributed by atoms with van der Waals surface area (Å²) in [6.45, 7) is -0.00465. The second kappa shape index (κ2) is 2.53. The molecule has 0 atom stereocenters. The van der Waals surface area contributed by atoms with Crippen molar-refractivity contribution < 1.29 is 9.90 Å². The minimum atomic E-state index is -0.200. The maximum atomic E-state index is 11.0. The molecule has 12 heavy (non-hydrogen) atoms. The van der Waals surface area contributed by atoms with Crippen LogP contribution in [0.3, 0.4) is 0 Å². The van der Waals surface area contributed by atoms with Crippen LogP contribution in [0.25, 0.3) is 0 Å². The Labute approximate surface area is 69.4 Å². The second-order valence-electron chi connectivity index (χ2n) is 2.64. The van der Waals surface area contributed by atoms with Gasteiger partial charge in [-0.3, -0.25) is 4.79 Å². The van der Waals surface area contributed by atoms with Crippen LogP contribution in [-0.2, 0) is 6.61 Å². The fourth-order valence-electron chi connectivity index (χ4n) is 1.21. The minimum absolute atomic E-state index is 0.00465. The van der Waals surface area contributed by atoms with Gasteiger partial charge in [0.1, 0.15) is 0 Å². The Morgan fingerprint density at radius 1 is 1.42 bits per heavy atom. The fraction of sp³-hybridized carbons (Fsp3) is 0.111. The summed E-state index contributed by atoms with van der Waals surface area (Å²) < 4.78 is 0. The van der Waals surface area contributed by atoms with Crippen LogP contribution in [0.5, 0.6) is 0 Å². The molecule has 0 bridgehead atoms. The molecular weight excluding hydrogens is 154 g/mol. The zero-order valence-electron chi connectivity index (χ0n) is 6.32. The summed E-state index contributed by atoms with van der Waals surface area (Å²) in [7, 11) is 0. The third-order valence-corrected chi connectivity index (χ3v) is 1.85. The van der Waals surface area contributed by atoms with Gasteiger partial charge in [-0.1, -0.05) is 6.07 Å². The fourth-order valence-corrected chi connectivity index (χ4v) is 1.21. The van der Waals surface area contributed by atoms with E-state index in [1.165, 1.54) is 6.21 Å². The maximum absolute atomic E-state index is 11.0. The number of nitrogens with zero attached hydrogens (tertiary/aromatic N) is 1. The molecule has 0 spiro atoms. The topological polar surface area (TPSA) is 49.7 Å². The first-order valence-corrected chi connectivity index (χ1v) is 3.63. The molecule has 3 nitrogen and oxygen atoms in total. The van der Waals surface area contributed by atoms with Gasteiger partial charge in [-0.2, -0.15) is 0 Å². The number of aliphatic imine (C=N–C) groups is 1. The highest BCUT2D eigenvalue weighted by molar-refractivity contribution is 6.12. The van der Waals surface area contributed by atoms with Crippen LogP contribution in [0.4, 0.5) is 0 Å². The molecule has 1 heterocycles. The lowest BCUT2D eigenvalue weighted by molar-refractivity contribution is 0.101. The van der Waals surface area contributed by atoms with E-state index in [2.05, 4.69) is 4.99 Å². The molecular formula is C9H7NO2. The molecule has 1 N–H and O–H groups in total. The largest absolute Gasteiger partial charge is 0.392 e. The smallest absolute Gasteiger partial charge is 0.277 e. The van der Waals surface area contributed by atoms with Crippen molar-refractivity contribution in [3.8, 4) is 0 Å². The molecule has 1 aromatic carbocycles. The highest BCUT2D eigenvalue weighted by Crippen LogP contribution is 2.16. The number of fused-ring (bicyclic) bond motifs is 1. The highest BCUT2D eigenvalue weighted by atomic mass is 16.3. The lowest BCUT2D eigenvalue weighted by Gasteiger charge is -1.97. The third-order valence-electron chi connectivity index (χ3n) is 1.85. The molecule has 1 amide bonds. The van der Waals surface area contributed by atoms with Gasteiger partial charge in [0.05, 0.1) is 12.2 Å². The van der Waals surface area contributed by atoms with Gasteiger partial charge in [0.15, 0.2) is 0 Å². The lowest BCUT2D eigenvalue weighted by atomic mass is 10.1. The van der Waals surface area contributed by atoms with Crippen molar-refractivity contribution in [2.45, 2.75) is 6.61 Å². The molecule has 0 aromatic heterocycles. The van der Waals surface area contributed by atoms with E-state index in [1.807, 2.05) is 0 Å². The first-order chi connectivity index (χ1) is 5.81. The Morgan fingerprint density at radius 3 is 3.00 bits per heavy atom. The van der Waals surface area contributed by atoms with E-state index in [0.717, 1.165) is 11.1 Å². The number of hydrogen-bond acceptors (Lipinski definition) is 2. The summed E-state index contributed by atoms with van der Waals surface area (Å²) >= 11 is 0. The van der Waals surface area contributed by atoms with E-state index in [0.29, 0.717) is 5.56 Å². The Balaban J connectivity index is 2.54. The van der Waals surface area contributed by atoms with E-state index in [9.17, 15) is 4.79 Å². The van der Waals surface area contributed by atoms with Crippen LogP contribution < -0.4 is 0 Å². The number of rotatable bonds is 1. The van der Waals surface area contributed by atoms with Crippen molar-refractivity contribution in [1.29, 1.82) is 0 Å². The second-order valence-corrected chi connectivity index (χ2v) is 2.64. The van der Waals surface area contributed by atoms with Gasteiger partial charge in [0.2, 0.25) is 0 Å². The first-order valence-electron chi connectivity index (χ1n) is 3.63. The van der Waals surface area contributed by atoms with E-state index in [1.54, 1.807) is 18.2 Å². The number of carbonyl (C=O) groups excluding carboxylic acids is 1. The van der Waals surface area contributed by atoms with Gasteiger partial charge in [-0.05, 0) is 17.7 Å². The van der Waals surface area contributed by atoms with Gasteiger partial charge in [0, 0.05) is 11.8 Å². The van der Waals surface area contributed by atoms with E-state index < -0.39 is 0 Å². The number of hydrogen-bond donors (Lipinski definition) is 1. The number of carbonyl (C=O) groups is 1. The molecule has 0 fully saturated rings.